The standard InChI is InChI=1S/C13H9ClFO/c14-12-8-11(15)6-7-13(12)16-9-10-4-2-1-3-5-10/h1-7H,9H2. The Labute approximate surface area is 98.4 Å². The smallest absolute Gasteiger partial charge is 0.139 e. The Bertz CT molecular complexity index is 471. The van der Waals surface area contributed by atoms with Crippen LogP contribution in [0.25, 0.3) is 0 Å². The molecular weight excluding hydrogens is 227 g/mol. The molecule has 2 aromatic carbocycles. The first kappa shape index (κ1) is 11.0. The highest BCUT2D eigenvalue weighted by Gasteiger charge is 2.03. The van der Waals surface area contributed by atoms with Crippen molar-refractivity contribution in [2.45, 2.75) is 6.61 Å². The Kier molecular flexibility index (Phi) is 3.42. The summed E-state index contributed by atoms with van der Waals surface area (Å²) in [5.41, 5.74) is 1.03. The van der Waals surface area contributed by atoms with Crippen molar-refractivity contribution in [1.29, 1.82) is 0 Å². The second-order valence-electron chi connectivity index (χ2n) is 3.26. The van der Waals surface area contributed by atoms with Crippen LogP contribution in [-0.2, 0) is 6.61 Å². The lowest BCUT2D eigenvalue weighted by Gasteiger charge is -2.07. The van der Waals surface area contributed by atoms with Crippen LogP contribution in [0.2, 0.25) is 5.02 Å². The lowest BCUT2D eigenvalue weighted by Crippen LogP contribution is -1.95. The highest BCUT2D eigenvalue weighted by Crippen LogP contribution is 2.24. The van der Waals surface area contributed by atoms with E-state index in [1.165, 1.54) is 12.1 Å². The number of benzene rings is 2. The van der Waals surface area contributed by atoms with Gasteiger partial charge in [-0.25, -0.2) is 4.39 Å². The van der Waals surface area contributed by atoms with Crippen LogP contribution in [0.15, 0.2) is 42.5 Å². The van der Waals surface area contributed by atoms with Gasteiger partial charge in [0.15, 0.2) is 0 Å². The van der Waals surface area contributed by atoms with E-state index in [4.69, 9.17) is 16.3 Å². The average molecular weight is 236 g/mol. The number of hydrogen-bond donors (Lipinski definition) is 0. The summed E-state index contributed by atoms with van der Waals surface area (Å²) in [5.74, 6) is -0.0519. The van der Waals surface area contributed by atoms with Crippen LogP contribution < -0.4 is 4.74 Å². The third-order valence-corrected chi connectivity index (χ3v) is 2.34. The summed E-state index contributed by atoms with van der Waals surface area (Å²) in [5, 5.41) is 0.163. The van der Waals surface area contributed by atoms with Crippen molar-refractivity contribution in [1.82, 2.24) is 0 Å². The zero-order valence-electron chi connectivity index (χ0n) is 8.41. The molecule has 1 radical (unpaired) electrons. The number of ether oxygens (including phenoxy) is 1. The first-order chi connectivity index (χ1) is 7.75. The quantitative estimate of drug-likeness (QED) is 0.785. The zero-order valence-corrected chi connectivity index (χ0v) is 9.17. The molecule has 16 heavy (non-hydrogen) atoms. The number of hydrogen-bond acceptors (Lipinski definition) is 1. The Hall–Kier alpha value is -1.54. The molecule has 0 unspecified atom stereocenters. The highest BCUT2D eigenvalue weighted by molar-refractivity contribution is 6.31. The maximum absolute atomic E-state index is 12.7. The monoisotopic (exact) mass is 235 g/mol. The van der Waals surface area contributed by atoms with Crippen LogP contribution in [0.5, 0.6) is 5.75 Å². The SMILES string of the molecule is Fc1[c]c(Cl)c(OCc2ccccc2)cc1. The van der Waals surface area contributed by atoms with Gasteiger partial charge in [0.05, 0.1) is 5.02 Å². The predicted molar refractivity (Wildman–Crippen MR) is 61.0 cm³/mol. The fraction of sp³-hybridized carbons (Fsp3) is 0.0769. The molecule has 0 N–H and O–H groups in total. The van der Waals surface area contributed by atoms with E-state index in [1.807, 2.05) is 30.3 Å². The molecule has 0 aliphatic rings. The topological polar surface area (TPSA) is 9.23 Å². The highest BCUT2D eigenvalue weighted by atomic mass is 35.5. The maximum atomic E-state index is 12.7. The Morgan fingerprint density at radius 1 is 1.12 bits per heavy atom. The van der Waals surface area contributed by atoms with E-state index < -0.39 is 5.82 Å². The number of halogens is 2. The van der Waals surface area contributed by atoms with Crippen molar-refractivity contribution in [2.24, 2.45) is 0 Å². The predicted octanol–water partition coefficient (Wildman–Crippen LogP) is 3.86. The first-order valence-corrected chi connectivity index (χ1v) is 5.17. The van der Waals surface area contributed by atoms with Crippen LogP contribution >= 0.6 is 11.6 Å². The van der Waals surface area contributed by atoms with Gasteiger partial charge in [-0.3, -0.25) is 0 Å². The van der Waals surface area contributed by atoms with Crippen LogP contribution in [0, 0.1) is 11.9 Å². The summed E-state index contributed by atoms with van der Waals surface area (Å²) in [4.78, 5) is 0. The molecule has 0 spiro atoms. The second kappa shape index (κ2) is 4.99. The van der Waals surface area contributed by atoms with Gasteiger partial charge in [-0.1, -0.05) is 41.9 Å². The Morgan fingerprint density at radius 2 is 1.88 bits per heavy atom. The van der Waals surface area contributed by atoms with Gasteiger partial charge < -0.3 is 4.74 Å². The minimum absolute atomic E-state index is 0.163. The molecule has 81 valence electrons. The van der Waals surface area contributed by atoms with Gasteiger partial charge in [0.2, 0.25) is 0 Å². The molecule has 0 aliphatic carbocycles. The molecule has 0 amide bonds. The fourth-order valence-electron chi connectivity index (χ4n) is 1.28. The third-order valence-electron chi connectivity index (χ3n) is 2.06. The van der Waals surface area contributed by atoms with Gasteiger partial charge >= 0.3 is 0 Å². The summed E-state index contributed by atoms with van der Waals surface area (Å²) in [7, 11) is 0. The summed E-state index contributed by atoms with van der Waals surface area (Å²) in [6.45, 7) is 0.403. The summed E-state index contributed by atoms with van der Waals surface area (Å²) in [6, 6.07) is 14.8. The van der Waals surface area contributed by atoms with E-state index >= 15 is 0 Å². The first-order valence-electron chi connectivity index (χ1n) is 4.80. The summed E-state index contributed by atoms with van der Waals surface area (Å²) in [6.07, 6.45) is 0. The van der Waals surface area contributed by atoms with Crippen molar-refractivity contribution in [3.05, 3.63) is 64.9 Å². The van der Waals surface area contributed by atoms with E-state index in [2.05, 4.69) is 6.07 Å². The number of rotatable bonds is 3. The molecule has 3 heteroatoms. The van der Waals surface area contributed by atoms with Crippen LogP contribution in [0.4, 0.5) is 4.39 Å². The van der Waals surface area contributed by atoms with Crippen molar-refractivity contribution >= 4 is 11.6 Å². The average Bonchev–Trinajstić information content (AvgIpc) is 2.29. The Balaban J connectivity index is 2.05. The molecule has 0 bridgehead atoms. The van der Waals surface area contributed by atoms with Crippen LogP contribution in [0.1, 0.15) is 5.56 Å². The molecule has 2 aromatic rings. The second-order valence-corrected chi connectivity index (χ2v) is 3.64. The van der Waals surface area contributed by atoms with E-state index in [9.17, 15) is 4.39 Å². The molecule has 0 heterocycles. The molecule has 0 aliphatic heterocycles. The minimum Gasteiger partial charge on any atom is -0.487 e. The lowest BCUT2D eigenvalue weighted by molar-refractivity contribution is 0.306. The van der Waals surface area contributed by atoms with E-state index in [1.54, 1.807) is 0 Å². The fourth-order valence-corrected chi connectivity index (χ4v) is 1.48. The van der Waals surface area contributed by atoms with Crippen LogP contribution in [-0.4, -0.2) is 0 Å². The molecular formula is C13H9ClFO. The van der Waals surface area contributed by atoms with E-state index in [0.717, 1.165) is 5.56 Å². The zero-order chi connectivity index (χ0) is 11.4. The van der Waals surface area contributed by atoms with Crippen molar-refractivity contribution in [2.75, 3.05) is 0 Å². The lowest BCUT2D eigenvalue weighted by atomic mass is 10.2. The normalized spacial score (nSPS) is 10.1. The minimum atomic E-state index is -0.489. The summed E-state index contributed by atoms with van der Waals surface area (Å²) >= 11 is 5.78. The van der Waals surface area contributed by atoms with E-state index in [0.29, 0.717) is 12.4 Å². The van der Waals surface area contributed by atoms with Gasteiger partial charge in [0, 0.05) is 6.07 Å². The van der Waals surface area contributed by atoms with Crippen LogP contribution in [0.3, 0.4) is 0 Å². The van der Waals surface area contributed by atoms with Crippen molar-refractivity contribution in [3.63, 3.8) is 0 Å². The van der Waals surface area contributed by atoms with Gasteiger partial charge in [-0.15, -0.1) is 0 Å². The maximum Gasteiger partial charge on any atom is 0.139 e. The molecule has 1 nitrogen and oxygen atoms in total. The van der Waals surface area contributed by atoms with Gasteiger partial charge in [0.1, 0.15) is 18.2 Å². The van der Waals surface area contributed by atoms with Gasteiger partial charge in [-0.05, 0) is 17.7 Å². The molecule has 0 saturated heterocycles. The largest absolute Gasteiger partial charge is 0.487 e. The molecule has 0 atom stereocenters. The van der Waals surface area contributed by atoms with Gasteiger partial charge in [0.25, 0.3) is 0 Å². The van der Waals surface area contributed by atoms with Crippen molar-refractivity contribution in [3.8, 4) is 5.75 Å². The third kappa shape index (κ3) is 2.74. The Morgan fingerprint density at radius 3 is 2.56 bits per heavy atom. The molecule has 0 saturated carbocycles. The van der Waals surface area contributed by atoms with E-state index in [-0.39, 0.29) is 5.02 Å². The van der Waals surface area contributed by atoms with Gasteiger partial charge in [-0.2, -0.15) is 0 Å². The summed E-state index contributed by atoms with van der Waals surface area (Å²) < 4.78 is 18.2. The molecule has 0 fully saturated rings. The molecule has 0 aromatic heterocycles. The molecule has 2 rings (SSSR count). The van der Waals surface area contributed by atoms with Crippen molar-refractivity contribution < 1.29 is 9.13 Å².